The van der Waals surface area contributed by atoms with Crippen LogP contribution < -0.4 is 0 Å². The van der Waals surface area contributed by atoms with Gasteiger partial charge in [0.05, 0.1) is 11.5 Å². The predicted octanol–water partition coefficient (Wildman–Crippen LogP) is 2.15. The number of hydrogen-bond acceptors (Lipinski definition) is 3. The van der Waals surface area contributed by atoms with Gasteiger partial charge in [0, 0.05) is 12.1 Å². The van der Waals surface area contributed by atoms with Crippen LogP contribution in [0.3, 0.4) is 0 Å². The van der Waals surface area contributed by atoms with Crippen LogP contribution in [-0.4, -0.2) is 29.9 Å². The maximum Gasteiger partial charge on any atom is 0.243 e. The molecule has 0 bridgehead atoms. The number of nitrogens with zero attached hydrogens (tertiary/aromatic N) is 1. The third-order valence-electron chi connectivity index (χ3n) is 2.74. The Kier molecular flexibility index (Phi) is 4.90. The molecule has 1 rings (SSSR count). The highest BCUT2D eigenvalue weighted by Gasteiger charge is 2.32. The SMILES string of the molecule is C=CCN(C(C)(C)C)S(=O)(=O)c1ccc(CO)cc1. The third kappa shape index (κ3) is 3.65. The van der Waals surface area contributed by atoms with Gasteiger partial charge in [-0.15, -0.1) is 6.58 Å². The van der Waals surface area contributed by atoms with Crippen molar-refractivity contribution >= 4 is 10.0 Å². The zero-order valence-corrected chi connectivity index (χ0v) is 12.4. The van der Waals surface area contributed by atoms with Crippen LogP contribution in [0.15, 0.2) is 41.8 Å². The van der Waals surface area contributed by atoms with Gasteiger partial charge in [0.15, 0.2) is 0 Å². The maximum absolute atomic E-state index is 12.6. The third-order valence-corrected chi connectivity index (χ3v) is 4.88. The lowest BCUT2D eigenvalue weighted by molar-refractivity contribution is 0.269. The van der Waals surface area contributed by atoms with E-state index in [4.69, 9.17) is 5.11 Å². The van der Waals surface area contributed by atoms with Gasteiger partial charge < -0.3 is 5.11 Å². The van der Waals surface area contributed by atoms with E-state index in [0.29, 0.717) is 5.56 Å². The van der Waals surface area contributed by atoms with E-state index in [9.17, 15) is 8.42 Å². The molecular formula is C14H21NO3S. The molecule has 0 atom stereocenters. The summed E-state index contributed by atoms with van der Waals surface area (Å²) in [5.41, 5.74) is 0.160. The number of hydrogen-bond donors (Lipinski definition) is 1. The Hall–Kier alpha value is -1.17. The molecule has 5 heteroatoms. The largest absolute Gasteiger partial charge is 0.392 e. The van der Waals surface area contributed by atoms with Gasteiger partial charge in [-0.25, -0.2) is 8.42 Å². The molecule has 0 aromatic heterocycles. The van der Waals surface area contributed by atoms with Crippen molar-refractivity contribution in [2.75, 3.05) is 6.54 Å². The summed E-state index contributed by atoms with van der Waals surface area (Å²) in [6.07, 6.45) is 1.57. The van der Waals surface area contributed by atoms with E-state index >= 15 is 0 Å². The van der Waals surface area contributed by atoms with Crippen LogP contribution in [0.5, 0.6) is 0 Å². The van der Waals surface area contributed by atoms with E-state index in [2.05, 4.69) is 6.58 Å². The molecule has 0 aliphatic rings. The van der Waals surface area contributed by atoms with Gasteiger partial charge in [0.2, 0.25) is 10.0 Å². The molecule has 0 aliphatic carbocycles. The second kappa shape index (κ2) is 5.86. The summed E-state index contributed by atoms with van der Waals surface area (Å²) in [6, 6.07) is 6.26. The summed E-state index contributed by atoms with van der Waals surface area (Å²) in [5, 5.41) is 8.98. The number of benzene rings is 1. The molecule has 0 unspecified atom stereocenters. The molecule has 1 aromatic carbocycles. The summed E-state index contributed by atoms with van der Waals surface area (Å²) in [6.45, 7) is 9.30. The number of sulfonamides is 1. The highest BCUT2D eigenvalue weighted by molar-refractivity contribution is 7.89. The first-order valence-electron chi connectivity index (χ1n) is 6.07. The molecule has 0 heterocycles. The Bertz CT molecular complexity index is 527. The summed E-state index contributed by atoms with van der Waals surface area (Å²) in [5.74, 6) is 0. The second-order valence-electron chi connectivity index (χ2n) is 5.30. The molecule has 1 aromatic rings. The van der Waals surface area contributed by atoms with Crippen LogP contribution in [0.2, 0.25) is 0 Å². The van der Waals surface area contributed by atoms with Gasteiger partial charge in [-0.3, -0.25) is 0 Å². The minimum absolute atomic E-state index is 0.101. The first-order valence-corrected chi connectivity index (χ1v) is 7.51. The lowest BCUT2D eigenvalue weighted by atomic mass is 10.1. The van der Waals surface area contributed by atoms with Crippen molar-refractivity contribution in [2.24, 2.45) is 0 Å². The fourth-order valence-electron chi connectivity index (χ4n) is 1.74. The highest BCUT2D eigenvalue weighted by Crippen LogP contribution is 2.24. The smallest absolute Gasteiger partial charge is 0.243 e. The predicted molar refractivity (Wildman–Crippen MR) is 76.2 cm³/mol. The quantitative estimate of drug-likeness (QED) is 0.842. The Morgan fingerprint density at radius 3 is 2.16 bits per heavy atom. The fraction of sp³-hybridized carbons (Fsp3) is 0.429. The monoisotopic (exact) mass is 283 g/mol. The molecule has 0 spiro atoms. The summed E-state index contributed by atoms with van der Waals surface area (Å²) in [4.78, 5) is 0.224. The summed E-state index contributed by atoms with van der Waals surface area (Å²) in [7, 11) is -3.57. The molecule has 106 valence electrons. The molecule has 0 radical (unpaired) electrons. The molecule has 0 saturated carbocycles. The number of rotatable bonds is 5. The van der Waals surface area contributed by atoms with Crippen LogP contribution in [0.1, 0.15) is 26.3 Å². The van der Waals surface area contributed by atoms with Gasteiger partial charge in [0.25, 0.3) is 0 Å². The van der Waals surface area contributed by atoms with Crippen LogP contribution in [0, 0.1) is 0 Å². The molecule has 0 aliphatic heterocycles. The topological polar surface area (TPSA) is 57.6 Å². The Balaban J connectivity index is 3.22. The van der Waals surface area contributed by atoms with Crippen molar-refractivity contribution in [3.63, 3.8) is 0 Å². The van der Waals surface area contributed by atoms with Gasteiger partial charge in [-0.1, -0.05) is 18.2 Å². The van der Waals surface area contributed by atoms with Gasteiger partial charge in [0.1, 0.15) is 0 Å². The summed E-state index contributed by atoms with van der Waals surface area (Å²) >= 11 is 0. The van der Waals surface area contributed by atoms with Crippen LogP contribution >= 0.6 is 0 Å². The normalized spacial score (nSPS) is 12.7. The molecule has 0 saturated heterocycles. The van der Waals surface area contributed by atoms with Crippen LogP contribution in [-0.2, 0) is 16.6 Å². The minimum Gasteiger partial charge on any atom is -0.392 e. The lowest BCUT2D eigenvalue weighted by Crippen LogP contribution is -2.45. The zero-order chi connectivity index (χ0) is 14.7. The van der Waals surface area contributed by atoms with Crippen molar-refractivity contribution < 1.29 is 13.5 Å². The highest BCUT2D eigenvalue weighted by atomic mass is 32.2. The number of aliphatic hydroxyl groups is 1. The fourth-order valence-corrected chi connectivity index (χ4v) is 3.50. The lowest BCUT2D eigenvalue weighted by Gasteiger charge is -2.33. The molecule has 0 fully saturated rings. The average Bonchev–Trinajstić information content (AvgIpc) is 2.34. The molecule has 19 heavy (non-hydrogen) atoms. The van der Waals surface area contributed by atoms with Gasteiger partial charge in [-0.2, -0.15) is 4.31 Å². The van der Waals surface area contributed by atoms with Gasteiger partial charge >= 0.3 is 0 Å². The van der Waals surface area contributed by atoms with Crippen molar-refractivity contribution in [3.05, 3.63) is 42.5 Å². The molecule has 0 amide bonds. The molecule has 4 nitrogen and oxygen atoms in total. The zero-order valence-electron chi connectivity index (χ0n) is 11.6. The van der Waals surface area contributed by atoms with E-state index in [1.807, 2.05) is 20.8 Å². The second-order valence-corrected chi connectivity index (χ2v) is 7.16. The Morgan fingerprint density at radius 2 is 1.79 bits per heavy atom. The molecule has 1 N–H and O–H groups in total. The van der Waals surface area contributed by atoms with E-state index < -0.39 is 15.6 Å². The first-order chi connectivity index (χ1) is 8.73. The van der Waals surface area contributed by atoms with E-state index in [1.165, 1.54) is 16.4 Å². The van der Waals surface area contributed by atoms with Crippen molar-refractivity contribution in [3.8, 4) is 0 Å². The van der Waals surface area contributed by atoms with Crippen LogP contribution in [0.25, 0.3) is 0 Å². The summed E-state index contributed by atoms with van der Waals surface area (Å²) < 4.78 is 26.6. The molecular weight excluding hydrogens is 262 g/mol. The van der Waals surface area contributed by atoms with Crippen molar-refractivity contribution in [1.29, 1.82) is 0 Å². The average molecular weight is 283 g/mol. The minimum atomic E-state index is -3.57. The van der Waals surface area contributed by atoms with E-state index in [0.717, 1.165) is 0 Å². The Labute approximate surface area is 115 Å². The standard InChI is InChI=1S/C14H21NO3S/c1-5-10-15(14(2,3)4)19(17,18)13-8-6-12(11-16)7-9-13/h5-9,16H,1,10-11H2,2-4H3. The van der Waals surface area contributed by atoms with Crippen molar-refractivity contribution in [2.45, 2.75) is 37.8 Å². The number of aliphatic hydroxyl groups excluding tert-OH is 1. The van der Waals surface area contributed by atoms with Gasteiger partial charge in [-0.05, 0) is 38.5 Å². The Morgan fingerprint density at radius 1 is 1.26 bits per heavy atom. The van der Waals surface area contributed by atoms with Crippen molar-refractivity contribution in [1.82, 2.24) is 4.31 Å². The van der Waals surface area contributed by atoms with E-state index in [-0.39, 0.29) is 18.0 Å². The van der Waals surface area contributed by atoms with Crippen LogP contribution in [0.4, 0.5) is 0 Å². The van der Waals surface area contributed by atoms with E-state index in [1.54, 1.807) is 18.2 Å². The first kappa shape index (κ1) is 15.9. The maximum atomic E-state index is 12.6.